The summed E-state index contributed by atoms with van der Waals surface area (Å²) in [4.78, 5) is 16.0. The second-order valence-corrected chi connectivity index (χ2v) is 4.43. The first kappa shape index (κ1) is 11.7. The minimum absolute atomic E-state index is 0.143. The Balaban J connectivity index is 2.13. The lowest BCUT2D eigenvalue weighted by Gasteiger charge is -1.98. The first-order valence-electron chi connectivity index (χ1n) is 5.60. The summed E-state index contributed by atoms with van der Waals surface area (Å²) in [5.74, 6) is 0. The Labute approximate surface area is 113 Å². The fourth-order valence-corrected chi connectivity index (χ4v) is 1.97. The van der Waals surface area contributed by atoms with Gasteiger partial charge in [0.15, 0.2) is 10.8 Å². The van der Waals surface area contributed by atoms with Gasteiger partial charge in [0.1, 0.15) is 12.0 Å². The van der Waals surface area contributed by atoms with Crippen molar-refractivity contribution in [2.24, 2.45) is 0 Å². The van der Waals surface area contributed by atoms with E-state index in [0.717, 1.165) is 5.56 Å². The predicted octanol–water partition coefficient (Wildman–Crippen LogP) is 1.17. The molecule has 0 radical (unpaired) electrons. The molecule has 3 rings (SSSR count). The highest BCUT2D eigenvalue weighted by Crippen LogP contribution is 2.17. The minimum Gasteiger partial charge on any atom is -0.393 e. The second-order valence-electron chi connectivity index (χ2n) is 4.07. The Morgan fingerprint density at radius 1 is 1.26 bits per heavy atom. The van der Waals surface area contributed by atoms with Gasteiger partial charge in [0, 0.05) is 0 Å². The van der Waals surface area contributed by atoms with Crippen molar-refractivity contribution in [3.63, 3.8) is 0 Å². The number of aromatic nitrogens is 4. The van der Waals surface area contributed by atoms with Gasteiger partial charge in [0.05, 0.1) is 6.54 Å². The maximum absolute atomic E-state index is 12.1. The van der Waals surface area contributed by atoms with E-state index in [-0.39, 0.29) is 16.5 Å². The van der Waals surface area contributed by atoms with Crippen LogP contribution < -0.4 is 11.4 Å². The molecular weight excluding hydrogens is 266 g/mol. The third kappa shape index (κ3) is 1.96. The lowest BCUT2D eigenvalue weighted by Crippen LogP contribution is -2.21. The summed E-state index contributed by atoms with van der Waals surface area (Å²) in [5, 5.41) is 4.33. The van der Waals surface area contributed by atoms with Crippen molar-refractivity contribution in [1.82, 2.24) is 19.2 Å². The van der Waals surface area contributed by atoms with Gasteiger partial charge in [0.25, 0.3) is 0 Å². The highest BCUT2D eigenvalue weighted by Gasteiger charge is 2.12. The fourth-order valence-electron chi connectivity index (χ4n) is 1.84. The van der Waals surface area contributed by atoms with Gasteiger partial charge in [-0.15, -0.1) is 5.10 Å². The van der Waals surface area contributed by atoms with Gasteiger partial charge in [-0.1, -0.05) is 41.9 Å². The molecule has 0 saturated heterocycles. The van der Waals surface area contributed by atoms with E-state index in [9.17, 15) is 4.79 Å². The number of hydrogen-bond donors (Lipinski definition) is 1. The molecule has 2 heterocycles. The zero-order valence-corrected chi connectivity index (χ0v) is 10.6. The summed E-state index contributed by atoms with van der Waals surface area (Å²) in [6.45, 7) is 0.373. The molecule has 0 fully saturated rings. The summed E-state index contributed by atoms with van der Waals surface area (Å²) in [5.41, 5.74) is 6.97. The number of fused-ring (bicyclic) bond motifs is 1. The molecule has 19 heavy (non-hydrogen) atoms. The number of anilines is 1. The molecule has 2 aromatic heterocycles. The van der Waals surface area contributed by atoms with Gasteiger partial charge in [-0.2, -0.15) is 0 Å². The molecule has 96 valence electrons. The second kappa shape index (κ2) is 4.40. The average molecular weight is 276 g/mol. The van der Waals surface area contributed by atoms with Crippen LogP contribution in [-0.4, -0.2) is 19.2 Å². The highest BCUT2D eigenvalue weighted by atomic mass is 35.5. The van der Waals surface area contributed by atoms with E-state index < -0.39 is 0 Å². The molecule has 0 amide bonds. The Kier molecular flexibility index (Phi) is 2.72. The molecule has 0 aliphatic heterocycles. The summed E-state index contributed by atoms with van der Waals surface area (Å²) in [6, 6.07) is 9.57. The van der Waals surface area contributed by atoms with Crippen LogP contribution in [0.2, 0.25) is 5.15 Å². The van der Waals surface area contributed by atoms with Crippen molar-refractivity contribution < 1.29 is 0 Å². The Morgan fingerprint density at radius 2 is 2.00 bits per heavy atom. The van der Waals surface area contributed by atoms with Gasteiger partial charge < -0.3 is 5.73 Å². The van der Waals surface area contributed by atoms with Gasteiger partial charge in [-0.05, 0) is 5.56 Å². The molecule has 3 aromatic rings. The average Bonchev–Trinajstić information content (AvgIpc) is 2.73. The van der Waals surface area contributed by atoms with Gasteiger partial charge in [-0.25, -0.2) is 18.9 Å². The van der Waals surface area contributed by atoms with Crippen molar-refractivity contribution in [3.8, 4) is 0 Å². The number of nitrogens with zero attached hydrogens (tertiary/aromatic N) is 4. The van der Waals surface area contributed by atoms with E-state index in [1.165, 1.54) is 15.4 Å². The third-order valence-corrected chi connectivity index (χ3v) is 3.10. The standard InChI is InChI=1S/C12H10ClN5O/c13-10-9(14)11-16-18(12(19)17(11)7-15-10)6-8-4-2-1-3-5-8/h1-5,7H,6,14H2. The van der Waals surface area contributed by atoms with E-state index in [1.807, 2.05) is 30.3 Å². The van der Waals surface area contributed by atoms with Crippen LogP contribution in [0.15, 0.2) is 41.5 Å². The zero-order valence-electron chi connectivity index (χ0n) is 9.82. The van der Waals surface area contributed by atoms with E-state index in [4.69, 9.17) is 17.3 Å². The van der Waals surface area contributed by atoms with Crippen LogP contribution in [0.3, 0.4) is 0 Å². The van der Waals surface area contributed by atoms with E-state index >= 15 is 0 Å². The van der Waals surface area contributed by atoms with Gasteiger partial charge in [0.2, 0.25) is 0 Å². The van der Waals surface area contributed by atoms with Crippen LogP contribution >= 0.6 is 11.6 Å². The van der Waals surface area contributed by atoms with Crippen LogP contribution in [0.4, 0.5) is 5.69 Å². The largest absolute Gasteiger partial charge is 0.393 e. The molecule has 0 aliphatic rings. The number of nitrogen functional groups attached to an aromatic ring is 1. The van der Waals surface area contributed by atoms with Crippen LogP contribution in [0.5, 0.6) is 0 Å². The molecule has 2 N–H and O–H groups in total. The minimum atomic E-state index is -0.297. The summed E-state index contributed by atoms with van der Waals surface area (Å²) in [6.07, 6.45) is 1.32. The topological polar surface area (TPSA) is 78.2 Å². The summed E-state index contributed by atoms with van der Waals surface area (Å²) in [7, 11) is 0. The predicted molar refractivity (Wildman–Crippen MR) is 72.2 cm³/mol. The normalized spacial score (nSPS) is 11.0. The smallest absolute Gasteiger partial charge is 0.351 e. The van der Waals surface area contributed by atoms with E-state index in [2.05, 4.69) is 10.1 Å². The quantitative estimate of drug-likeness (QED) is 0.712. The SMILES string of the molecule is Nc1c(Cl)ncn2c(=O)n(Cc3ccccc3)nc12. The molecule has 0 aliphatic carbocycles. The van der Waals surface area contributed by atoms with Crippen molar-refractivity contribution in [1.29, 1.82) is 0 Å². The van der Waals surface area contributed by atoms with Crippen molar-refractivity contribution in [2.75, 3.05) is 5.73 Å². The maximum atomic E-state index is 12.1. The number of nitrogens with two attached hydrogens (primary N) is 1. The molecule has 7 heteroatoms. The molecule has 0 spiro atoms. The van der Waals surface area contributed by atoms with Crippen molar-refractivity contribution in [2.45, 2.75) is 6.54 Å². The lowest BCUT2D eigenvalue weighted by molar-refractivity contribution is 0.658. The molecule has 6 nitrogen and oxygen atoms in total. The summed E-state index contributed by atoms with van der Waals surface area (Å²) >= 11 is 5.81. The van der Waals surface area contributed by atoms with Gasteiger partial charge >= 0.3 is 5.69 Å². The van der Waals surface area contributed by atoms with E-state index in [1.54, 1.807) is 0 Å². The Bertz CT molecular complexity index is 793. The first-order chi connectivity index (χ1) is 9.16. The number of benzene rings is 1. The maximum Gasteiger partial charge on any atom is 0.351 e. The lowest BCUT2D eigenvalue weighted by atomic mass is 10.2. The van der Waals surface area contributed by atoms with Crippen LogP contribution in [0, 0.1) is 0 Å². The monoisotopic (exact) mass is 275 g/mol. The molecule has 0 bridgehead atoms. The fraction of sp³-hybridized carbons (Fsp3) is 0.0833. The van der Waals surface area contributed by atoms with Gasteiger partial charge in [-0.3, -0.25) is 0 Å². The molecule has 0 atom stereocenters. The van der Waals surface area contributed by atoms with Crippen LogP contribution in [0.25, 0.3) is 5.65 Å². The Hall–Kier alpha value is -2.34. The number of rotatable bonds is 2. The van der Waals surface area contributed by atoms with Crippen LogP contribution in [-0.2, 0) is 6.54 Å². The van der Waals surface area contributed by atoms with E-state index in [0.29, 0.717) is 12.2 Å². The summed E-state index contributed by atoms with van der Waals surface area (Å²) < 4.78 is 2.61. The van der Waals surface area contributed by atoms with Crippen LogP contribution in [0.1, 0.15) is 5.56 Å². The molecule has 0 unspecified atom stereocenters. The molecule has 0 saturated carbocycles. The Morgan fingerprint density at radius 3 is 2.74 bits per heavy atom. The third-order valence-electron chi connectivity index (χ3n) is 2.80. The highest BCUT2D eigenvalue weighted by molar-refractivity contribution is 6.32. The zero-order chi connectivity index (χ0) is 13.4. The first-order valence-corrected chi connectivity index (χ1v) is 5.97. The molecular formula is C12H10ClN5O. The number of halogens is 1. The molecule has 1 aromatic carbocycles. The van der Waals surface area contributed by atoms with Crippen molar-refractivity contribution >= 4 is 22.9 Å². The number of hydrogen-bond acceptors (Lipinski definition) is 4. The van der Waals surface area contributed by atoms with Crippen molar-refractivity contribution in [3.05, 3.63) is 57.9 Å².